The number of carbonyl (C=O) groups is 2. The van der Waals surface area contributed by atoms with Crippen LogP contribution >= 0.6 is 0 Å². The standard InChI is InChI=1S/C23H24F2N2O4S/c24-19-6-7-20(25)22(15-19)32(30,31)27-12-10-26(11-13-27)23(29)9-8-21(28)18-5-4-16-2-1-3-17(16)14-18/h4-7,14-15H,1-3,8-13H2. The van der Waals surface area contributed by atoms with E-state index in [1.54, 1.807) is 0 Å². The van der Waals surface area contributed by atoms with Gasteiger partial charge < -0.3 is 4.90 Å². The summed E-state index contributed by atoms with van der Waals surface area (Å²) in [6.07, 6.45) is 3.24. The number of rotatable bonds is 6. The number of sulfonamides is 1. The van der Waals surface area contributed by atoms with E-state index >= 15 is 0 Å². The lowest BCUT2D eigenvalue weighted by molar-refractivity contribution is -0.132. The molecule has 1 heterocycles. The maximum atomic E-state index is 13.9. The quantitative estimate of drug-likeness (QED) is 0.619. The van der Waals surface area contributed by atoms with Gasteiger partial charge in [0.05, 0.1) is 0 Å². The number of hydrogen-bond donors (Lipinski definition) is 0. The average molecular weight is 463 g/mol. The van der Waals surface area contributed by atoms with Crippen LogP contribution in [0.15, 0.2) is 41.3 Å². The first-order valence-corrected chi connectivity index (χ1v) is 12.1. The van der Waals surface area contributed by atoms with Crippen LogP contribution in [-0.2, 0) is 27.7 Å². The summed E-state index contributed by atoms with van der Waals surface area (Å²) in [4.78, 5) is 25.8. The van der Waals surface area contributed by atoms with Gasteiger partial charge in [-0.3, -0.25) is 9.59 Å². The molecule has 0 bridgehead atoms. The normalized spacial score (nSPS) is 16.8. The molecule has 2 aliphatic rings. The van der Waals surface area contributed by atoms with Crippen molar-refractivity contribution < 1.29 is 26.8 Å². The minimum absolute atomic E-state index is 0.0250. The molecule has 2 aromatic rings. The number of benzene rings is 2. The van der Waals surface area contributed by atoms with E-state index < -0.39 is 26.6 Å². The maximum Gasteiger partial charge on any atom is 0.246 e. The molecule has 1 amide bonds. The number of amides is 1. The lowest BCUT2D eigenvalue weighted by Gasteiger charge is -2.34. The van der Waals surface area contributed by atoms with Crippen molar-refractivity contribution in [2.24, 2.45) is 0 Å². The van der Waals surface area contributed by atoms with Crippen LogP contribution < -0.4 is 0 Å². The predicted octanol–water partition coefficient (Wildman–Crippen LogP) is 2.95. The van der Waals surface area contributed by atoms with E-state index in [-0.39, 0.29) is 50.7 Å². The molecule has 1 saturated heterocycles. The first-order chi connectivity index (χ1) is 15.3. The van der Waals surface area contributed by atoms with Gasteiger partial charge in [-0.2, -0.15) is 4.31 Å². The molecule has 0 spiro atoms. The Balaban J connectivity index is 1.31. The van der Waals surface area contributed by atoms with Gasteiger partial charge in [0, 0.05) is 44.6 Å². The molecule has 9 heteroatoms. The SMILES string of the molecule is O=C(CCC(=O)N1CCN(S(=O)(=O)c2cc(F)ccc2F)CC1)c1ccc2c(c1)CCC2. The second-order valence-electron chi connectivity index (χ2n) is 8.12. The van der Waals surface area contributed by atoms with Gasteiger partial charge >= 0.3 is 0 Å². The van der Waals surface area contributed by atoms with Crippen molar-refractivity contribution >= 4 is 21.7 Å². The number of Topliss-reactive ketones (excluding diaryl/α,β-unsaturated/α-hetero) is 1. The van der Waals surface area contributed by atoms with E-state index in [1.165, 1.54) is 16.0 Å². The predicted molar refractivity (Wildman–Crippen MR) is 114 cm³/mol. The van der Waals surface area contributed by atoms with Crippen LogP contribution in [0.4, 0.5) is 8.78 Å². The molecule has 0 N–H and O–H groups in total. The van der Waals surface area contributed by atoms with Gasteiger partial charge in [0.2, 0.25) is 15.9 Å². The highest BCUT2D eigenvalue weighted by atomic mass is 32.2. The molecule has 2 aromatic carbocycles. The lowest BCUT2D eigenvalue weighted by atomic mass is 10.0. The highest BCUT2D eigenvalue weighted by Crippen LogP contribution is 2.24. The summed E-state index contributed by atoms with van der Waals surface area (Å²) in [7, 11) is -4.20. The Morgan fingerprint density at radius 1 is 0.875 bits per heavy atom. The van der Waals surface area contributed by atoms with Crippen molar-refractivity contribution in [3.8, 4) is 0 Å². The number of aryl methyl sites for hydroxylation is 2. The van der Waals surface area contributed by atoms with Crippen LogP contribution in [0.25, 0.3) is 0 Å². The fourth-order valence-electron chi connectivity index (χ4n) is 4.26. The van der Waals surface area contributed by atoms with Crippen molar-refractivity contribution in [3.05, 3.63) is 64.7 Å². The molecular weight excluding hydrogens is 438 g/mol. The Labute approximate surface area is 185 Å². The largest absolute Gasteiger partial charge is 0.340 e. The van der Waals surface area contributed by atoms with E-state index in [0.717, 1.165) is 35.7 Å². The summed E-state index contributed by atoms with van der Waals surface area (Å²) in [5.41, 5.74) is 3.10. The van der Waals surface area contributed by atoms with Crippen molar-refractivity contribution in [2.75, 3.05) is 26.2 Å². The van der Waals surface area contributed by atoms with E-state index in [9.17, 15) is 26.8 Å². The van der Waals surface area contributed by atoms with Gasteiger partial charge in [-0.05, 0) is 54.7 Å². The van der Waals surface area contributed by atoms with Crippen molar-refractivity contribution in [2.45, 2.75) is 37.0 Å². The molecule has 1 aliphatic carbocycles. The average Bonchev–Trinajstić information content (AvgIpc) is 3.26. The van der Waals surface area contributed by atoms with E-state index in [1.807, 2.05) is 18.2 Å². The van der Waals surface area contributed by atoms with Gasteiger partial charge in [0.1, 0.15) is 16.5 Å². The van der Waals surface area contributed by atoms with Gasteiger partial charge in [-0.1, -0.05) is 12.1 Å². The Morgan fingerprint density at radius 2 is 1.59 bits per heavy atom. The Morgan fingerprint density at radius 3 is 2.34 bits per heavy atom. The summed E-state index contributed by atoms with van der Waals surface area (Å²) in [6.45, 7) is 0.204. The summed E-state index contributed by atoms with van der Waals surface area (Å²) < 4.78 is 53.7. The summed E-state index contributed by atoms with van der Waals surface area (Å²) >= 11 is 0. The number of hydrogen-bond acceptors (Lipinski definition) is 4. The lowest BCUT2D eigenvalue weighted by Crippen LogP contribution is -2.50. The van der Waals surface area contributed by atoms with Crippen LogP contribution in [0, 0.1) is 11.6 Å². The summed E-state index contributed by atoms with van der Waals surface area (Å²) in [5.74, 6) is -2.17. The van der Waals surface area contributed by atoms with E-state index in [2.05, 4.69) is 0 Å². The number of fused-ring (bicyclic) bond motifs is 1. The molecule has 4 rings (SSSR count). The monoisotopic (exact) mass is 462 g/mol. The first kappa shape index (κ1) is 22.5. The van der Waals surface area contributed by atoms with Crippen LogP contribution in [0.1, 0.15) is 40.7 Å². The molecule has 170 valence electrons. The second-order valence-corrected chi connectivity index (χ2v) is 10.0. The first-order valence-electron chi connectivity index (χ1n) is 10.6. The van der Waals surface area contributed by atoms with Gasteiger partial charge in [-0.25, -0.2) is 17.2 Å². The van der Waals surface area contributed by atoms with Crippen molar-refractivity contribution in [1.29, 1.82) is 0 Å². The zero-order valence-corrected chi connectivity index (χ0v) is 18.3. The smallest absolute Gasteiger partial charge is 0.246 e. The van der Waals surface area contributed by atoms with Crippen LogP contribution in [0.5, 0.6) is 0 Å². The molecule has 6 nitrogen and oxygen atoms in total. The zero-order valence-electron chi connectivity index (χ0n) is 17.5. The van der Waals surface area contributed by atoms with Crippen molar-refractivity contribution in [3.63, 3.8) is 0 Å². The fraction of sp³-hybridized carbons (Fsp3) is 0.391. The Hall–Kier alpha value is -2.65. The fourth-order valence-corrected chi connectivity index (χ4v) is 5.76. The van der Waals surface area contributed by atoms with Crippen LogP contribution in [0.3, 0.4) is 0 Å². The van der Waals surface area contributed by atoms with E-state index in [0.29, 0.717) is 11.6 Å². The molecule has 0 radical (unpaired) electrons. The highest BCUT2D eigenvalue weighted by Gasteiger charge is 2.32. The second kappa shape index (κ2) is 9.07. The zero-order chi connectivity index (χ0) is 22.9. The molecule has 32 heavy (non-hydrogen) atoms. The minimum Gasteiger partial charge on any atom is -0.340 e. The molecule has 0 unspecified atom stereocenters. The van der Waals surface area contributed by atoms with Crippen LogP contribution in [-0.4, -0.2) is 55.5 Å². The summed E-state index contributed by atoms with van der Waals surface area (Å²) in [5, 5.41) is 0. The number of nitrogens with zero attached hydrogens (tertiary/aromatic N) is 2. The number of carbonyl (C=O) groups excluding carboxylic acids is 2. The van der Waals surface area contributed by atoms with Crippen LogP contribution in [0.2, 0.25) is 0 Å². The highest BCUT2D eigenvalue weighted by molar-refractivity contribution is 7.89. The molecule has 1 aliphatic heterocycles. The molecule has 1 fully saturated rings. The molecular formula is C23H24F2N2O4S. The van der Waals surface area contributed by atoms with Gasteiger partial charge in [0.25, 0.3) is 0 Å². The van der Waals surface area contributed by atoms with Gasteiger partial charge in [-0.15, -0.1) is 0 Å². The number of halogens is 2. The third kappa shape index (κ3) is 4.59. The molecule has 0 atom stereocenters. The molecule has 0 saturated carbocycles. The van der Waals surface area contributed by atoms with Gasteiger partial charge in [0.15, 0.2) is 5.78 Å². The maximum absolute atomic E-state index is 13.9. The Bertz CT molecular complexity index is 1160. The third-order valence-electron chi connectivity index (χ3n) is 6.09. The Kier molecular flexibility index (Phi) is 6.39. The van der Waals surface area contributed by atoms with Crippen molar-refractivity contribution in [1.82, 2.24) is 9.21 Å². The third-order valence-corrected chi connectivity index (χ3v) is 8.00. The number of ketones is 1. The minimum atomic E-state index is -4.20. The van der Waals surface area contributed by atoms with E-state index in [4.69, 9.17) is 0 Å². The molecule has 0 aromatic heterocycles. The summed E-state index contributed by atoms with van der Waals surface area (Å²) in [6, 6.07) is 8.01. The number of piperazine rings is 1. The topological polar surface area (TPSA) is 74.8 Å².